The molecule has 2 heterocycles. The molecular formula is C25H36N6O5. The monoisotopic (exact) mass is 500 g/mol. The molecule has 0 spiro atoms. The van der Waals surface area contributed by atoms with Crippen LogP contribution in [-0.4, -0.2) is 58.4 Å². The van der Waals surface area contributed by atoms with Crippen molar-refractivity contribution in [2.45, 2.75) is 71.6 Å². The third-order valence-corrected chi connectivity index (χ3v) is 5.09. The van der Waals surface area contributed by atoms with E-state index in [2.05, 4.69) is 30.8 Å². The molecule has 1 atom stereocenters. The zero-order chi connectivity index (χ0) is 26.5. The Balaban J connectivity index is 1.80. The fourth-order valence-corrected chi connectivity index (χ4v) is 3.77. The number of aromatic amines is 1. The van der Waals surface area contributed by atoms with E-state index in [0.717, 1.165) is 25.1 Å². The minimum absolute atomic E-state index is 0.123. The van der Waals surface area contributed by atoms with Crippen molar-refractivity contribution in [3.63, 3.8) is 0 Å². The van der Waals surface area contributed by atoms with Gasteiger partial charge in [0.25, 0.3) is 5.91 Å². The highest BCUT2D eigenvalue weighted by molar-refractivity contribution is 6.04. The fourth-order valence-electron chi connectivity index (χ4n) is 3.77. The van der Waals surface area contributed by atoms with Crippen molar-refractivity contribution < 1.29 is 23.9 Å². The summed E-state index contributed by atoms with van der Waals surface area (Å²) < 4.78 is 10.7. The van der Waals surface area contributed by atoms with Gasteiger partial charge < -0.3 is 30.0 Å². The topological polar surface area (TPSA) is 138 Å². The number of nitrogens with one attached hydrogen (secondary N) is 4. The van der Waals surface area contributed by atoms with Crippen LogP contribution < -0.4 is 20.9 Å². The molecule has 11 heteroatoms. The highest BCUT2D eigenvalue weighted by atomic mass is 16.6. The first-order valence-corrected chi connectivity index (χ1v) is 12.0. The van der Waals surface area contributed by atoms with Gasteiger partial charge in [0.15, 0.2) is 5.82 Å². The van der Waals surface area contributed by atoms with E-state index in [1.807, 2.05) is 26.8 Å². The summed E-state index contributed by atoms with van der Waals surface area (Å²) in [5, 5.41) is 8.52. The summed E-state index contributed by atoms with van der Waals surface area (Å²) in [5.41, 5.74) is 0.467. The molecule has 1 fully saturated rings. The smallest absolute Gasteiger partial charge is 0.412 e. The maximum atomic E-state index is 12.8. The molecule has 1 unspecified atom stereocenters. The fraction of sp³-hybridized carbons (Fsp3) is 0.520. The first kappa shape index (κ1) is 26.8. The van der Waals surface area contributed by atoms with Gasteiger partial charge in [0.1, 0.15) is 11.2 Å². The van der Waals surface area contributed by atoms with Crippen LogP contribution in [0.3, 0.4) is 0 Å². The number of rotatable bonds is 5. The van der Waals surface area contributed by atoms with Crippen LogP contribution in [0.5, 0.6) is 0 Å². The Morgan fingerprint density at radius 1 is 1.03 bits per heavy atom. The molecule has 1 aliphatic rings. The Bertz CT molecular complexity index is 1070. The number of hydrogen-bond donors (Lipinski definition) is 4. The zero-order valence-corrected chi connectivity index (χ0v) is 21.7. The molecule has 3 rings (SSSR count). The molecule has 196 valence electrons. The van der Waals surface area contributed by atoms with Gasteiger partial charge in [-0.15, -0.1) is 0 Å². The van der Waals surface area contributed by atoms with Crippen LogP contribution >= 0.6 is 0 Å². The van der Waals surface area contributed by atoms with Crippen molar-refractivity contribution in [3.8, 4) is 0 Å². The molecule has 1 aliphatic heterocycles. The van der Waals surface area contributed by atoms with Crippen molar-refractivity contribution in [2.75, 3.05) is 28.6 Å². The molecule has 0 bridgehead atoms. The van der Waals surface area contributed by atoms with Gasteiger partial charge in [0, 0.05) is 37.2 Å². The average Bonchev–Trinajstić information content (AvgIpc) is 3.26. The summed E-state index contributed by atoms with van der Waals surface area (Å²) >= 11 is 0. The third kappa shape index (κ3) is 8.17. The number of nitrogens with zero attached hydrogens (tertiary/aromatic N) is 2. The quantitative estimate of drug-likeness (QED) is 0.474. The van der Waals surface area contributed by atoms with Crippen LogP contribution in [0.25, 0.3) is 0 Å². The van der Waals surface area contributed by atoms with Crippen molar-refractivity contribution >= 4 is 35.2 Å². The van der Waals surface area contributed by atoms with Gasteiger partial charge >= 0.3 is 12.2 Å². The zero-order valence-electron chi connectivity index (χ0n) is 21.7. The van der Waals surface area contributed by atoms with E-state index in [-0.39, 0.29) is 11.9 Å². The second-order valence-corrected chi connectivity index (χ2v) is 10.7. The maximum Gasteiger partial charge on any atom is 0.412 e. The second-order valence-electron chi connectivity index (χ2n) is 10.7. The first-order valence-electron chi connectivity index (χ1n) is 12.0. The van der Waals surface area contributed by atoms with Crippen LogP contribution in [0, 0.1) is 0 Å². The number of carbonyl (C=O) groups is 3. The number of ether oxygens (including phenoxy) is 2. The number of carbonyl (C=O) groups excluding carboxylic acids is 3. The second kappa shape index (κ2) is 10.9. The van der Waals surface area contributed by atoms with Gasteiger partial charge in [-0.3, -0.25) is 10.1 Å². The molecule has 4 N–H and O–H groups in total. The minimum atomic E-state index is -0.649. The van der Waals surface area contributed by atoms with E-state index in [1.165, 1.54) is 6.20 Å². The van der Waals surface area contributed by atoms with Gasteiger partial charge in [0.05, 0.1) is 11.4 Å². The van der Waals surface area contributed by atoms with E-state index in [0.29, 0.717) is 17.9 Å². The van der Waals surface area contributed by atoms with Crippen molar-refractivity contribution in [3.05, 3.63) is 36.4 Å². The molecule has 0 saturated carbocycles. The number of H-pyrrole nitrogens is 1. The number of hydrogen-bond acceptors (Lipinski definition) is 7. The number of benzene rings is 1. The van der Waals surface area contributed by atoms with Crippen LogP contribution in [0.4, 0.5) is 26.7 Å². The summed E-state index contributed by atoms with van der Waals surface area (Å²) in [4.78, 5) is 46.2. The number of alkyl carbamates (subject to hydrolysis) is 1. The highest BCUT2D eigenvalue weighted by Crippen LogP contribution is 2.32. The molecule has 0 radical (unpaired) electrons. The van der Waals surface area contributed by atoms with Crippen molar-refractivity contribution in [2.24, 2.45) is 0 Å². The molecular weight excluding hydrogens is 464 g/mol. The molecule has 3 amide bonds. The maximum absolute atomic E-state index is 12.8. The lowest BCUT2D eigenvalue weighted by atomic mass is 10.0. The lowest BCUT2D eigenvalue weighted by Gasteiger charge is -2.36. The van der Waals surface area contributed by atoms with Crippen LogP contribution in [0.15, 0.2) is 30.6 Å². The summed E-state index contributed by atoms with van der Waals surface area (Å²) in [5.74, 6) is -0.259. The van der Waals surface area contributed by atoms with E-state index >= 15 is 0 Å². The number of anilines is 3. The normalized spacial score (nSPS) is 16.2. The molecule has 0 aliphatic carbocycles. The molecule has 36 heavy (non-hydrogen) atoms. The molecule has 2 aromatic rings. The Kier molecular flexibility index (Phi) is 8.11. The Morgan fingerprint density at radius 3 is 2.36 bits per heavy atom. The molecule has 1 aromatic carbocycles. The summed E-state index contributed by atoms with van der Waals surface area (Å²) in [6.45, 7) is 12.1. The summed E-state index contributed by atoms with van der Waals surface area (Å²) in [7, 11) is 0. The van der Waals surface area contributed by atoms with Crippen molar-refractivity contribution in [1.29, 1.82) is 0 Å². The van der Waals surface area contributed by atoms with Gasteiger partial charge in [-0.1, -0.05) is 0 Å². The van der Waals surface area contributed by atoms with Gasteiger partial charge in [-0.2, -0.15) is 0 Å². The average molecular weight is 501 g/mol. The lowest BCUT2D eigenvalue weighted by molar-refractivity contribution is 0.0499. The summed E-state index contributed by atoms with van der Waals surface area (Å²) in [6, 6.07) is 5.11. The van der Waals surface area contributed by atoms with E-state index in [1.54, 1.807) is 39.1 Å². The predicted octanol–water partition coefficient (Wildman–Crippen LogP) is 4.50. The molecule has 1 saturated heterocycles. The standard InChI is InChI=1S/C25H36N6O5/c1-24(2,3)35-22(33)28-16-9-10-19(18(14-16)30-21(32)20-26-11-12-27-20)31-13-7-8-17(15-31)29-23(34)36-25(4,5)6/h9-12,14,17H,7-8,13,15H2,1-6H3,(H,26,27)(H,28,33)(H,29,34)(H,30,32). The van der Waals surface area contributed by atoms with E-state index in [4.69, 9.17) is 9.47 Å². The largest absolute Gasteiger partial charge is 0.444 e. The van der Waals surface area contributed by atoms with E-state index < -0.39 is 29.3 Å². The number of piperidine rings is 1. The third-order valence-electron chi connectivity index (χ3n) is 5.09. The van der Waals surface area contributed by atoms with Gasteiger partial charge in [-0.25, -0.2) is 14.6 Å². The SMILES string of the molecule is CC(C)(C)OC(=O)Nc1ccc(N2CCCC(NC(=O)OC(C)(C)C)C2)c(NC(=O)c2ncc[nH]2)c1. The first-order chi connectivity index (χ1) is 16.8. The summed E-state index contributed by atoms with van der Waals surface area (Å²) in [6.07, 6.45) is 3.64. The van der Waals surface area contributed by atoms with Crippen molar-refractivity contribution in [1.82, 2.24) is 15.3 Å². The minimum Gasteiger partial charge on any atom is -0.444 e. The van der Waals surface area contributed by atoms with Crippen LogP contribution in [-0.2, 0) is 9.47 Å². The van der Waals surface area contributed by atoms with E-state index in [9.17, 15) is 14.4 Å². The molecule has 11 nitrogen and oxygen atoms in total. The van der Waals surface area contributed by atoms with Gasteiger partial charge in [0.2, 0.25) is 0 Å². The number of amides is 3. The number of aromatic nitrogens is 2. The predicted molar refractivity (Wildman–Crippen MR) is 137 cm³/mol. The lowest BCUT2D eigenvalue weighted by Crippen LogP contribution is -2.49. The van der Waals surface area contributed by atoms with Crippen LogP contribution in [0.2, 0.25) is 0 Å². The highest BCUT2D eigenvalue weighted by Gasteiger charge is 2.26. The Hall–Kier alpha value is -3.76. The van der Waals surface area contributed by atoms with Crippen LogP contribution in [0.1, 0.15) is 65.0 Å². The van der Waals surface area contributed by atoms with Gasteiger partial charge in [-0.05, 0) is 72.6 Å². The molecule has 1 aromatic heterocycles. The Labute approximate surface area is 211 Å². The Morgan fingerprint density at radius 2 is 1.72 bits per heavy atom. The number of imidazole rings is 1.